The summed E-state index contributed by atoms with van der Waals surface area (Å²) in [7, 11) is 1.63. The third kappa shape index (κ3) is 6.67. The first-order valence-electron chi connectivity index (χ1n) is 10.8. The van der Waals surface area contributed by atoms with E-state index in [1.165, 1.54) is 17.3 Å². The van der Waals surface area contributed by atoms with Gasteiger partial charge in [-0.05, 0) is 56.4 Å². The fourth-order valence-electron chi connectivity index (χ4n) is 3.85. The highest BCUT2D eigenvalue weighted by Crippen LogP contribution is 2.40. The Balaban J connectivity index is 2.12. The van der Waals surface area contributed by atoms with Gasteiger partial charge in [0.1, 0.15) is 5.76 Å². The Morgan fingerprint density at radius 1 is 1.23 bits per heavy atom. The summed E-state index contributed by atoms with van der Waals surface area (Å²) in [5.41, 5.74) is 2.52. The molecule has 0 aliphatic carbocycles. The van der Waals surface area contributed by atoms with Crippen LogP contribution in [0.25, 0.3) is 0 Å². The number of likely N-dealkylation sites (tertiary alicyclic amines) is 1. The summed E-state index contributed by atoms with van der Waals surface area (Å²) >= 11 is 1.49. The molecular formula is C24H38N2O3S. The van der Waals surface area contributed by atoms with Crippen molar-refractivity contribution in [1.82, 2.24) is 10.2 Å². The van der Waals surface area contributed by atoms with Crippen molar-refractivity contribution in [2.75, 3.05) is 33.4 Å². The normalized spacial score (nSPS) is 21.0. The van der Waals surface area contributed by atoms with Gasteiger partial charge in [0.25, 0.3) is 0 Å². The van der Waals surface area contributed by atoms with Gasteiger partial charge in [0, 0.05) is 36.8 Å². The number of carbonyl (C=O) groups is 1. The number of rotatable bonds is 7. The molecule has 2 saturated heterocycles. The van der Waals surface area contributed by atoms with Crippen molar-refractivity contribution in [3.05, 3.63) is 46.1 Å². The molecule has 168 valence electrons. The number of amides is 2. The van der Waals surface area contributed by atoms with Crippen LogP contribution in [0, 0.1) is 11.3 Å². The zero-order valence-electron chi connectivity index (χ0n) is 19.3. The van der Waals surface area contributed by atoms with Crippen LogP contribution in [0.1, 0.15) is 53.4 Å². The van der Waals surface area contributed by atoms with Crippen LogP contribution in [0.15, 0.2) is 46.1 Å². The molecule has 0 aromatic heterocycles. The average Bonchev–Trinajstić information content (AvgIpc) is 2.73. The Kier molecular flexibility index (Phi) is 9.10. The first-order valence-corrected chi connectivity index (χ1v) is 11.6. The van der Waals surface area contributed by atoms with Gasteiger partial charge in [0.05, 0.1) is 12.1 Å². The lowest BCUT2D eigenvalue weighted by Gasteiger charge is -2.37. The largest absolute Gasteiger partial charge is 0.497 e. The summed E-state index contributed by atoms with van der Waals surface area (Å²) in [6, 6.07) is -0.0707. The summed E-state index contributed by atoms with van der Waals surface area (Å²) in [6.45, 7) is 19.9. The molecule has 0 aromatic carbocycles. The van der Waals surface area contributed by atoms with Gasteiger partial charge in [0.2, 0.25) is 0 Å². The van der Waals surface area contributed by atoms with Crippen molar-refractivity contribution in [2.45, 2.75) is 53.4 Å². The summed E-state index contributed by atoms with van der Waals surface area (Å²) in [5.74, 6) is 1.04. The smallest absolute Gasteiger partial charge is 0.322 e. The third-order valence-corrected chi connectivity index (χ3v) is 7.21. The molecule has 1 N–H and O–H groups in total. The van der Waals surface area contributed by atoms with E-state index in [2.05, 4.69) is 45.3 Å². The number of nitrogens with zero attached hydrogens (tertiary/aromatic N) is 1. The minimum Gasteiger partial charge on any atom is -0.497 e. The first-order chi connectivity index (χ1) is 14.2. The molecule has 30 heavy (non-hydrogen) atoms. The molecule has 0 radical (unpaired) electrons. The van der Waals surface area contributed by atoms with Gasteiger partial charge in [-0.25, -0.2) is 4.79 Å². The van der Waals surface area contributed by atoms with Crippen molar-refractivity contribution in [1.29, 1.82) is 0 Å². The molecule has 0 bridgehead atoms. The predicted octanol–water partition coefficient (Wildman–Crippen LogP) is 5.83. The molecule has 0 atom stereocenters. The van der Waals surface area contributed by atoms with Gasteiger partial charge in [-0.3, -0.25) is 0 Å². The minimum atomic E-state index is -0.0707. The lowest BCUT2D eigenvalue weighted by molar-refractivity contribution is 0.0764. The Labute approximate surface area is 186 Å². The van der Waals surface area contributed by atoms with Gasteiger partial charge >= 0.3 is 6.03 Å². The molecule has 2 amide bonds. The van der Waals surface area contributed by atoms with E-state index in [1.807, 2.05) is 11.8 Å². The van der Waals surface area contributed by atoms with E-state index >= 15 is 0 Å². The van der Waals surface area contributed by atoms with Crippen molar-refractivity contribution >= 4 is 17.8 Å². The summed E-state index contributed by atoms with van der Waals surface area (Å²) in [4.78, 5) is 15.7. The summed E-state index contributed by atoms with van der Waals surface area (Å²) in [6.07, 6.45) is 6.17. The zero-order valence-corrected chi connectivity index (χ0v) is 20.1. The highest BCUT2D eigenvalue weighted by atomic mass is 32.2. The molecule has 2 aliphatic heterocycles. The van der Waals surface area contributed by atoms with Crippen molar-refractivity contribution < 1.29 is 14.3 Å². The first kappa shape index (κ1) is 24.6. The van der Waals surface area contributed by atoms with Crippen LogP contribution >= 0.6 is 11.8 Å². The molecule has 2 fully saturated rings. The maximum atomic E-state index is 12.8. The number of methoxy groups -OCH3 is 1. The van der Waals surface area contributed by atoms with Crippen molar-refractivity contribution in [3.8, 4) is 0 Å². The van der Waals surface area contributed by atoms with Crippen LogP contribution in [-0.2, 0) is 9.47 Å². The number of ether oxygens (including phenoxy) is 2. The molecule has 6 heteroatoms. The molecule has 0 aromatic rings. The molecule has 0 unspecified atom stereocenters. The average molecular weight is 435 g/mol. The fraction of sp³-hybridized carbons (Fsp3) is 0.625. The summed E-state index contributed by atoms with van der Waals surface area (Å²) < 4.78 is 11.0. The number of hydrogen-bond donors (Lipinski definition) is 1. The maximum absolute atomic E-state index is 12.8. The van der Waals surface area contributed by atoms with Crippen molar-refractivity contribution in [3.63, 3.8) is 0 Å². The number of hydrogen-bond acceptors (Lipinski definition) is 4. The Hall–Kier alpha value is -1.66. The van der Waals surface area contributed by atoms with Gasteiger partial charge in [-0.15, -0.1) is 0 Å². The maximum Gasteiger partial charge on any atom is 0.322 e. The highest BCUT2D eigenvalue weighted by Gasteiger charge is 2.29. The van der Waals surface area contributed by atoms with Crippen LogP contribution in [0.3, 0.4) is 0 Å². The summed E-state index contributed by atoms with van der Waals surface area (Å²) in [5, 5.41) is 3.62. The van der Waals surface area contributed by atoms with Crippen LogP contribution in [0.4, 0.5) is 4.79 Å². The van der Waals surface area contributed by atoms with E-state index in [-0.39, 0.29) is 6.03 Å². The van der Waals surface area contributed by atoms with Gasteiger partial charge in [-0.1, -0.05) is 44.8 Å². The Morgan fingerprint density at radius 2 is 1.83 bits per heavy atom. The van der Waals surface area contributed by atoms with Crippen LogP contribution in [-0.4, -0.2) is 44.3 Å². The van der Waals surface area contributed by atoms with E-state index < -0.39 is 0 Å². The Morgan fingerprint density at radius 3 is 2.37 bits per heavy atom. The number of thioether (sulfide) groups is 1. The number of allylic oxidation sites excluding steroid dienone is 3. The van der Waals surface area contributed by atoms with Crippen LogP contribution in [0.5, 0.6) is 0 Å². The number of urea groups is 1. The molecular weight excluding hydrogens is 396 g/mol. The molecule has 2 aliphatic rings. The standard InChI is InChI=1S/C24H38N2O3S/c1-8-21(20-9-15-29-16-10-20)22(17(2)18(3)28-7)30-19(4)25-23(27)26-13-11-24(5,6)12-14-26/h8,20H,3-4,9-16H2,1-2,5-7H3,(H,25,27)/b21-8-,22-17+. The van der Waals surface area contributed by atoms with E-state index in [1.54, 1.807) is 7.11 Å². The van der Waals surface area contributed by atoms with Gasteiger partial charge in [-0.2, -0.15) is 0 Å². The Bertz CT molecular complexity index is 708. The second-order valence-corrected chi connectivity index (χ2v) is 9.92. The van der Waals surface area contributed by atoms with Gasteiger partial charge in [0.15, 0.2) is 0 Å². The number of nitrogens with one attached hydrogen (secondary N) is 1. The second-order valence-electron chi connectivity index (χ2n) is 8.82. The van der Waals surface area contributed by atoms with Crippen LogP contribution < -0.4 is 5.32 Å². The quantitative estimate of drug-likeness (QED) is 0.405. The van der Waals surface area contributed by atoms with E-state index in [0.29, 0.717) is 22.1 Å². The van der Waals surface area contributed by atoms with Gasteiger partial charge < -0.3 is 19.7 Å². The van der Waals surface area contributed by atoms with Crippen LogP contribution in [0.2, 0.25) is 0 Å². The lowest BCUT2D eigenvalue weighted by Crippen LogP contribution is -2.45. The molecule has 2 rings (SSSR count). The van der Waals surface area contributed by atoms with E-state index in [0.717, 1.165) is 62.5 Å². The monoisotopic (exact) mass is 434 g/mol. The van der Waals surface area contributed by atoms with E-state index in [9.17, 15) is 4.79 Å². The van der Waals surface area contributed by atoms with Crippen molar-refractivity contribution in [2.24, 2.45) is 11.3 Å². The SMILES string of the molecule is C=C(NC(=O)N1CCC(C)(C)CC1)SC(/C(=C\C)C1CCOCC1)=C(\C)C(=C)OC. The lowest BCUT2D eigenvalue weighted by atomic mass is 9.83. The second kappa shape index (κ2) is 11.1. The highest BCUT2D eigenvalue weighted by molar-refractivity contribution is 8.06. The molecule has 0 saturated carbocycles. The molecule has 2 heterocycles. The third-order valence-electron chi connectivity index (χ3n) is 6.12. The predicted molar refractivity (Wildman–Crippen MR) is 126 cm³/mol. The molecule has 0 spiro atoms. The minimum absolute atomic E-state index is 0.0707. The number of piperidine rings is 1. The molecule has 5 nitrogen and oxygen atoms in total. The zero-order chi connectivity index (χ0) is 22.3. The number of carbonyl (C=O) groups excluding carboxylic acids is 1. The topological polar surface area (TPSA) is 50.8 Å². The fourth-order valence-corrected chi connectivity index (χ4v) is 4.91. The van der Waals surface area contributed by atoms with E-state index in [4.69, 9.17) is 9.47 Å².